The van der Waals surface area contributed by atoms with E-state index in [-0.39, 0.29) is 49.2 Å². The molecular formula is C34H41N3O6S. The van der Waals surface area contributed by atoms with Crippen LogP contribution in [0.1, 0.15) is 26.2 Å². The molecule has 2 unspecified atom stereocenters. The van der Waals surface area contributed by atoms with Gasteiger partial charge in [0.2, 0.25) is 11.8 Å². The number of hydrogen-bond donors (Lipinski definition) is 1. The normalized spacial score (nSPS) is 25.0. The van der Waals surface area contributed by atoms with Gasteiger partial charge in [-0.05, 0) is 74.7 Å². The Morgan fingerprint density at radius 2 is 1.61 bits per heavy atom. The minimum absolute atomic E-state index is 0.0874. The summed E-state index contributed by atoms with van der Waals surface area (Å²) in [6, 6.07) is 13.8. The van der Waals surface area contributed by atoms with Crippen molar-refractivity contribution in [3.8, 4) is 11.5 Å². The number of benzene rings is 2. The van der Waals surface area contributed by atoms with Crippen molar-refractivity contribution in [2.45, 2.75) is 42.2 Å². The van der Waals surface area contributed by atoms with Gasteiger partial charge in [-0.3, -0.25) is 14.4 Å². The number of thioether (sulfide) groups is 1. The second-order valence-electron chi connectivity index (χ2n) is 11.3. The van der Waals surface area contributed by atoms with E-state index in [0.29, 0.717) is 42.3 Å². The minimum Gasteiger partial charge on any atom is -0.497 e. The molecule has 1 N–H and O–H groups in total. The predicted molar refractivity (Wildman–Crippen MR) is 173 cm³/mol. The second kappa shape index (κ2) is 13.5. The van der Waals surface area contributed by atoms with Crippen LogP contribution >= 0.6 is 11.8 Å². The lowest BCUT2D eigenvalue weighted by Gasteiger charge is -2.37. The van der Waals surface area contributed by atoms with E-state index in [2.05, 4.69) is 13.2 Å². The Morgan fingerprint density at radius 3 is 2.16 bits per heavy atom. The summed E-state index contributed by atoms with van der Waals surface area (Å²) in [5.74, 6) is -0.395. The second-order valence-corrected chi connectivity index (χ2v) is 12.9. The van der Waals surface area contributed by atoms with E-state index >= 15 is 0 Å². The van der Waals surface area contributed by atoms with Gasteiger partial charge in [0.15, 0.2) is 0 Å². The smallest absolute Gasteiger partial charge is 0.251 e. The standard InChI is InChI=1S/C34H41N3O6S/c1-5-19-35(23-11-15-26(16-12-23)43-7-3)31(39)28-27-17-18-34(44-27)29(28)32(40)37(21-8-22-38)30(34)33(41)36(20-6-2)24-9-13-25(42-4)14-10-24/h5-6,9-16,27-30,38H,1-2,7-8,17-22H2,3-4H3/t27-,28+,29-,30?,34?/m0/s1. The Kier molecular flexibility index (Phi) is 9.70. The van der Waals surface area contributed by atoms with Crippen molar-refractivity contribution in [1.29, 1.82) is 0 Å². The maximum Gasteiger partial charge on any atom is 0.251 e. The van der Waals surface area contributed by atoms with Crippen molar-refractivity contribution >= 4 is 40.9 Å². The van der Waals surface area contributed by atoms with E-state index in [1.807, 2.05) is 43.3 Å². The first-order valence-corrected chi connectivity index (χ1v) is 16.0. The Balaban J connectivity index is 1.51. The molecule has 3 fully saturated rings. The summed E-state index contributed by atoms with van der Waals surface area (Å²) >= 11 is 1.63. The van der Waals surface area contributed by atoms with E-state index in [9.17, 15) is 19.5 Å². The molecule has 10 heteroatoms. The molecule has 5 atom stereocenters. The van der Waals surface area contributed by atoms with Crippen molar-refractivity contribution < 1.29 is 29.0 Å². The van der Waals surface area contributed by atoms with Crippen LogP contribution in [0.4, 0.5) is 11.4 Å². The maximum atomic E-state index is 14.6. The van der Waals surface area contributed by atoms with E-state index in [1.54, 1.807) is 57.9 Å². The molecule has 44 heavy (non-hydrogen) atoms. The number of fused-ring (bicyclic) bond motifs is 1. The Labute approximate surface area is 263 Å². The van der Waals surface area contributed by atoms with Crippen molar-refractivity contribution in [2.24, 2.45) is 11.8 Å². The highest BCUT2D eigenvalue weighted by Crippen LogP contribution is 2.66. The summed E-state index contributed by atoms with van der Waals surface area (Å²) in [5, 5.41) is 9.61. The summed E-state index contributed by atoms with van der Waals surface area (Å²) in [6.07, 6.45) is 5.08. The van der Waals surface area contributed by atoms with E-state index in [0.717, 1.165) is 6.42 Å². The first kappa shape index (κ1) is 31.7. The monoisotopic (exact) mass is 619 g/mol. The molecule has 0 radical (unpaired) electrons. The number of rotatable bonds is 14. The van der Waals surface area contributed by atoms with Crippen LogP contribution in [0, 0.1) is 11.8 Å². The van der Waals surface area contributed by atoms with E-state index in [4.69, 9.17) is 9.47 Å². The average molecular weight is 620 g/mol. The summed E-state index contributed by atoms with van der Waals surface area (Å²) < 4.78 is 10.1. The molecule has 0 aliphatic carbocycles. The summed E-state index contributed by atoms with van der Waals surface area (Å²) in [7, 11) is 1.59. The van der Waals surface area contributed by atoms with Crippen LogP contribution in [0.15, 0.2) is 73.8 Å². The van der Waals surface area contributed by atoms with Gasteiger partial charge >= 0.3 is 0 Å². The first-order chi connectivity index (χ1) is 21.3. The van der Waals surface area contributed by atoms with Crippen molar-refractivity contribution in [3.05, 3.63) is 73.8 Å². The van der Waals surface area contributed by atoms with Gasteiger partial charge in [0.1, 0.15) is 17.5 Å². The molecule has 3 aliphatic rings. The molecule has 234 valence electrons. The van der Waals surface area contributed by atoms with Gasteiger partial charge in [-0.1, -0.05) is 12.2 Å². The summed E-state index contributed by atoms with van der Waals surface area (Å²) in [5.41, 5.74) is 1.37. The summed E-state index contributed by atoms with van der Waals surface area (Å²) in [4.78, 5) is 48.4. The van der Waals surface area contributed by atoms with Gasteiger partial charge in [-0.2, -0.15) is 0 Å². The molecule has 2 aromatic carbocycles. The van der Waals surface area contributed by atoms with Crippen molar-refractivity contribution in [2.75, 3.05) is 49.8 Å². The van der Waals surface area contributed by atoms with Crippen LogP contribution in [0.3, 0.4) is 0 Å². The Hall–Kier alpha value is -3.76. The molecule has 3 amide bonds. The van der Waals surface area contributed by atoms with Crippen LogP contribution in [-0.4, -0.2) is 83.7 Å². The number of ether oxygens (including phenoxy) is 2. The SMILES string of the molecule is C=CCN(C(=O)C1N(CCCO)C(=O)[C@@H]2[C@H](C(=O)N(CC=C)c3ccc(OCC)cc3)[C@@H]3CCC12S3)c1ccc(OC)cc1. The van der Waals surface area contributed by atoms with Crippen LogP contribution in [0.2, 0.25) is 0 Å². The molecular weight excluding hydrogens is 578 g/mol. The number of methoxy groups -OCH3 is 1. The predicted octanol–water partition coefficient (Wildman–Crippen LogP) is 4.31. The average Bonchev–Trinajstić information content (AvgIpc) is 3.69. The van der Waals surface area contributed by atoms with E-state index in [1.165, 1.54) is 0 Å². The van der Waals surface area contributed by atoms with E-state index < -0.39 is 22.6 Å². The molecule has 0 aromatic heterocycles. The third-order valence-corrected chi connectivity index (χ3v) is 10.8. The number of nitrogens with zero attached hydrogens (tertiary/aromatic N) is 3. The number of hydrogen-bond acceptors (Lipinski definition) is 7. The number of likely N-dealkylation sites (tertiary alicyclic amines) is 1. The molecule has 3 aliphatic heterocycles. The Bertz CT molecular complexity index is 1380. The number of anilines is 2. The highest BCUT2D eigenvalue weighted by atomic mass is 32.2. The van der Waals surface area contributed by atoms with Gasteiger partial charge in [-0.15, -0.1) is 24.9 Å². The minimum atomic E-state index is -0.778. The quantitative estimate of drug-likeness (QED) is 0.315. The van der Waals surface area contributed by atoms with Gasteiger partial charge in [0.25, 0.3) is 5.91 Å². The fraction of sp³-hybridized carbons (Fsp3) is 0.441. The zero-order chi connectivity index (χ0) is 31.4. The van der Waals surface area contributed by atoms with Gasteiger partial charge in [0, 0.05) is 42.9 Å². The molecule has 2 aromatic rings. The molecule has 9 nitrogen and oxygen atoms in total. The molecule has 3 heterocycles. The van der Waals surface area contributed by atoms with Crippen LogP contribution in [0.5, 0.6) is 11.5 Å². The number of amides is 3. The van der Waals surface area contributed by atoms with Crippen LogP contribution in [-0.2, 0) is 14.4 Å². The molecule has 5 rings (SSSR count). The van der Waals surface area contributed by atoms with Crippen molar-refractivity contribution in [3.63, 3.8) is 0 Å². The third-order valence-electron chi connectivity index (χ3n) is 8.88. The number of carbonyl (C=O) groups excluding carboxylic acids is 3. The van der Waals surface area contributed by atoms with Crippen molar-refractivity contribution in [1.82, 2.24) is 4.90 Å². The van der Waals surface area contributed by atoms with Crippen LogP contribution < -0.4 is 19.3 Å². The Morgan fingerprint density at radius 1 is 1.02 bits per heavy atom. The molecule has 2 bridgehead atoms. The number of carbonyl (C=O) groups is 3. The number of aliphatic hydroxyl groups is 1. The first-order valence-electron chi connectivity index (χ1n) is 15.2. The zero-order valence-corrected chi connectivity index (χ0v) is 26.2. The maximum absolute atomic E-state index is 14.6. The lowest BCUT2D eigenvalue weighted by atomic mass is 9.70. The highest BCUT2D eigenvalue weighted by Gasteiger charge is 2.74. The largest absolute Gasteiger partial charge is 0.497 e. The van der Waals surface area contributed by atoms with Gasteiger partial charge < -0.3 is 29.3 Å². The molecule has 1 spiro atoms. The topological polar surface area (TPSA) is 99.6 Å². The number of aliphatic hydroxyl groups excluding tert-OH is 1. The van der Waals surface area contributed by atoms with Crippen LogP contribution in [0.25, 0.3) is 0 Å². The zero-order valence-electron chi connectivity index (χ0n) is 25.4. The van der Waals surface area contributed by atoms with Gasteiger partial charge in [0.05, 0.1) is 30.3 Å². The van der Waals surface area contributed by atoms with Gasteiger partial charge in [-0.25, -0.2) is 0 Å². The molecule has 0 saturated carbocycles. The lowest BCUT2D eigenvalue weighted by Crippen LogP contribution is -2.55. The lowest BCUT2D eigenvalue weighted by molar-refractivity contribution is -0.139. The molecule has 3 saturated heterocycles. The highest BCUT2D eigenvalue weighted by molar-refractivity contribution is 8.02. The fourth-order valence-electron chi connectivity index (χ4n) is 7.08. The summed E-state index contributed by atoms with van der Waals surface area (Å²) in [6.45, 7) is 10.9. The fourth-order valence-corrected chi connectivity index (χ4v) is 9.28. The third kappa shape index (κ3) is 5.49.